The molecule has 0 aromatic heterocycles. The molecule has 0 amide bonds. The summed E-state index contributed by atoms with van der Waals surface area (Å²) in [5, 5.41) is 23.7. The van der Waals surface area contributed by atoms with Crippen LogP contribution in [0.3, 0.4) is 0 Å². The highest BCUT2D eigenvalue weighted by Gasteiger charge is 2.33. The fraction of sp³-hybridized carbons (Fsp3) is 0.174. The van der Waals surface area contributed by atoms with Gasteiger partial charge in [-0.3, -0.25) is 0 Å². The van der Waals surface area contributed by atoms with E-state index >= 15 is 0 Å². The Morgan fingerprint density at radius 2 is 0.904 bits per heavy atom. The number of aliphatic hydroxyl groups is 2. The highest BCUT2D eigenvalue weighted by Crippen LogP contribution is 2.45. The number of ether oxygens (including phenoxy) is 4. The minimum absolute atomic E-state index is 0.0871. The molecule has 7 aromatic carbocycles. The van der Waals surface area contributed by atoms with Gasteiger partial charge in [-0.05, 0) is 117 Å². The Morgan fingerprint density at radius 3 is 1.35 bits per heavy atom. The standard InChI is InChI=1S/C46H42O6/c1-46(37-7-5-4-6-8-37,38-15-19-44(51-23-21-47)42(29-38)35-11-9-33-27-40(49-2)17-13-31(33)25-35)39-16-20-45(52-24-22-48)43(30-39)36-12-10-34-28-41(50-3)18-14-32(34)26-36/h4-20,25-30,47-48H,21-24H2,1-3H3. The maximum absolute atomic E-state index is 9.67. The molecule has 52 heavy (non-hydrogen) atoms. The van der Waals surface area contributed by atoms with Crippen LogP contribution in [0.25, 0.3) is 43.8 Å². The van der Waals surface area contributed by atoms with Gasteiger partial charge in [0, 0.05) is 16.5 Å². The van der Waals surface area contributed by atoms with Gasteiger partial charge in [0.1, 0.15) is 36.2 Å². The number of hydrogen-bond donors (Lipinski definition) is 2. The van der Waals surface area contributed by atoms with Crippen LogP contribution in [-0.4, -0.2) is 50.9 Å². The lowest BCUT2D eigenvalue weighted by Gasteiger charge is -2.33. The smallest absolute Gasteiger partial charge is 0.127 e. The fourth-order valence-corrected chi connectivity index (χ4v) is 7.00. The molecular formula is C46H42O6. The predicted molar refractivity (Wildman–Crippen MR) is 209 cm³/mol. The number of aliphatic hydroxyl groups excluding tert-OH is 2. The molecule has 0 bridgehead atoms. The number of fused-ring (bicyclic) bond motifs is 2. The van der Waals surface area contributed by atoms with Gasteiger partial charge >= 0.3 is 0 Å². The largest absolute Gasteiger partial charge is 0.497 e. The van der Waals surface area contributed by atoms with E-state index in [9.17, 15) is 10.2 Å². The van der Waals surface area contributed by atoms with Gasteiger partial charge in [-0.15, -0.1) is 0 Å². The van der Waals surface area contributed by atoms with Gasteiger partial charge in [-0.2, -0.15) is 0 Å². The molecule has 2 N–H and O–H groups in total. The van der Waals surface area contributed by atoms with Crippen LogP contribution in [0, 0.1) is 0 Å². The minimum atomic E-state index is -0.607. The van der Waals surface area contributed by atoms with Gasteiger partial charge in [0.2, 0.25) is 0 Å². The summed E-state index contributed by atoms with van der Waals surface area (Å²) in [6, 6.07) is 48.1. The molecule has 0 unspecified atom stereocenters. The van der Waals surface area contributed by atoms with E-state index in [-0.39, 0.29) is 26.4 Å². The zero-order valence-corrected chi connectivity index (χ0v) is 29.6. The monoisotopic (exact) mass is 690 g/mol. The molecule has 0 saturated heterocycles. The van der Waals surface area contributed by atoms with Crippen molar-refractivity contribution in [2.45, 2.75) is 12.3 Å². The van der Waals surface area contributed by atoms with Crippen LogP contribution in [0.2, 0.25) is 0 Å². The third-order valence-corrected chi connectivity index (χ3v) is 9.88. The second-order valence-electron chi connectivity index (χ2n) is 12.9. The molecule has 0 saturated carbocycles. The molecule has 0 atom stereocenters. The summed E-state index contributed by atoms with van der Waals surface area (Å²) in [6.45, 7) is 2.45. The van der Waals surface area contributed by atoms with Gasteiger partial charge in [0.15, 0.2) is 0 Å². The Bertz CT molecular complexity index is 2190. The maximum atomic E-state index is 9.67. The predicted octanol–water partition coefficient (Wildman–Crippen LogP) is 9.44. The molecule has 0 heterocycles. The van der Waals surface area contributed by atoms with Crippen molar-refractivity contribution in [3.8, 4) is 45.3 Å². The van der Waals surface area contributed by atoms with E-state index in [2.05, 4.69) is 104 Å². The summed E-state index contributed by atoms with van der Waals surface area (Å²) >= 11 is 0. The van der Waals surface area contributed by atoms with Gasteiger partial charge < -0.3 is 29.2 Å². The van der Waals surface area contributed by atoms with Crippen molar-refractivity contribution in [1.82, 2.24) is 0 Å². The van der Waals surface area contributed by atoms with Crippen molar-refractivity contribution in [1.29, 1.82) is 0 Å². The number of rotatable bonds is 13. The molecule has 6 nitrogen and oxygen atoms in total. The lowest BCUT2D eigenvalue weighted by atomic mass is 9.70. The molecule has 0 aliphatic rings. The third-order valence-electron chi connectivity index (χ3n) is 9.88. The normalized spacial score (nSPS) is 11.5. The third kappa shape index (κ3) is 6.79. The maximum Gasteiger partial charge on any atom is 0.127 e. The highest BCUT2D eigenvalue weighted by molar-refractivity contribution is 5.91. The number of benzene rings is 7. The number of methoxy groups -OCH3 is 2. The Labute approximate surface area is 304 Å². The van der Waals surface area contributed by atoms with Crippen molar-refractivity contribution in [2.75, 3.05) is 40.6 Å². The van der Waals surface area contributed by atoms with Gasteiger partial charge in [-0.25, -0.2) is 0 Å². The lowest BCUT2D eigenvalue weighted by molar-refractivity contribution is 0.202. The fourth-order valence-electron chi connectivity index (χ4n) is 7.00. The molecule has 0 aliphatic carbocycles. The van der Waals surface area contributed by atoms with Crippen LogP contribution < -0.4 is 18.9 Å². The summed E-state index contributed by atoms with van der Waals surface area (Å²) in [6.07, 6.45) is 0. The second-order valence-corrected chi connectivity index (χ2v) is 12.9. The van der Waals surface area contributed by atoms with Crippen molar-refractivity contribution in [3.05, 3.63) is 156 Å². The first kappa shape index (κ1) is 34.6. The first-order chi connectivity index (χ1) is 25.4. The minimum Gasteiger partial charge on any atom is -0.497 e. The van der Waals surface area contributed by atoms with Crippen LogP contribution in [0.1, 0.15) is 23.6 Å². The summed E-state index contributed by atoms with van der Waals surface area (Å²) < 4.78 is 23.2. The van der Waals surface area contributed by atoms with E-state index in [1.165, 1.54) is 0 Å². The average Bonchev–Trinajstić information content (AvgIpc) is 3.21. The first-order valence-corrected chi connectivity index (χ1v) is 17.4. The van der Waals surface area contributed by atoms with Crippen LogP contribution in [-0.2, 0) is 5.41 Å². The SMILES string of the molecule is COc1ccc2cc(-c3cc(C(C)(c4ccccc4)c4ccc(OCCO)c(-c5ccc6cc(OC)ccc6c5)c4)ccc3OCCO)ccc2c1. The summed E-state index contributed by atoms with van der Waals surface area (Å²) in [5.41, 5.74) is 6.52. The van der Waals surface area contributed by atoms with Crippen molar-refractivity contribution in [3.63, 3.8) is 0 Å². The molecule has 0 fully saturated rings. The van der Waals surface area contributed by atoms with Gasteiger partial charge in [-0.1, -0.05) is 78.9 Å². The van der Waals surface area contributed by atoms with Crippen molar-refractivity contribution < 1.29 is 29.2 Å². The Balaban J connectivity index is 1.41. The molecule has 262 valence electrons. The van der Waals surface area contributed by atoms with Gasteiger partial charge in [0.05, 0.1) is 27.4 Å². The summed E-state index contributed by atoms with van der Waals surface area (Å²) in [5.74, 6) is 3.01. The number of hydrogen-bond acceptors (Lipinski definition) is 6. The van der Waals surface area contributed by atoms with Crippen LogP contribution in [0.4, 0.5) is 0 Å². The second kappa shape index (κ2) is 15.2. The Kier molecular flexibility index (Phi) is 10.1. The highest BCUT2D eigenvalue weighted by atomic mass is 16.5. The average molecular weight is 691 g/mol. The molecular weight excluding hydrogens is 649 g/mol. The molecule has 7 aromatic rings. The van der Waals surface area contributed by atoms with E-state index in [1.54, 1.807) is 14.2 Å². The van der Waals surface area contributed by atoms with E-state index in [0.717, 1.165) is 72.0 Å². The molecule has 0 radical (unpaired) electrons. The van der Waals surface area contributed by atoms with Crippen molar-refractivity contribution >= 4 is 21.5 Å². The molecule has 7 rings (SSSR count). The van der Waals surface area contributed by atoms with Crippen LogP contribution >= 0.6 is 0 Å². The van der Waals surface area contributed by atoms with Crippen LogP contribution in [0.15, 0.2) is 140 Å². The zero-order valence-electron chi connectivity index (χ0n) is 29.6. The van der Waals surface area contributed by atoms with E-state index in [1.807, 2.05) is 42.5 Å². The summed E-state index contributed by atoms with van der Waals surface area (Å²) in [4.78, 5) is 0. The van der Waals surface area contributed by atoms with E-state index in [4.69, 9.17) is 18.9 Å². The topological polar surface area (TPSA) is 77.4 Å². The Morgan fingerprint density at radius 1 is 0.462 bits per heavy atom. The quantitative estimate of drug-likeness (QED) is 0.117. The lowest BCUT2D eigenvalue weighted by Crippen LogP contribution is -2.25. The molecule has 0 aliphatic heterocycles. The zero-order chi connectivity index (χ0) is 36.1. The summed E-state index contributed by atoms with van der Waals surface area (Å²) in [7, 11) is 3.35. The van der Waals surface area contributed by atoms with E-state index in [0.29, 0.717) is 11.5 Å². The Hall–Kier alpha value is -5.82. The molecule has 0 spiro atoms. The van der Waals surface area contributed by atoms with Gasteiger partial charge in [0.25, 0.3) is 0 Å². The van der Waals surface area contributed by atoms with E-state index < -0.39 is 5.41 Å². The van der Waals surface area contributed by atoms with Crippen LogP contribution in [0.5, 0.6) is 23.0 Å². The van der Waals surface area contributed by atoms with Crippen molar-refractivity contribution in [2.24, 2.45) is 0 Å². The molecule has 6 heteroatoms. The first-order valence-electron chi connectivity index (χ1n) is 17.4.